The average Bonchev–Trinajstić information content (AvgIpc) is 2.59. The quantitative estimate of drug-likeness (QED) is 0.349. The Hall–Kier alpha value is -2.16. The first kappa shape index (κ1) is 20.2. The lowest BCUT2D eigenvalue weighted by atomic mass is 10.2. The average molecular weight is 395 g/mol. The van der Waals surface area contributed by atoms with E-state index in [0.29, 0.717) is 17.4 Å². The van der Waals surface area contributed by atoms with Gasteiger partial charge in [0.15, 0.2) is 5.11 Å². The molecule has 0 unspecified atom stereocenters. The van der Waals surface area contributed by atoms with Crippen LogP contribution in [0.4, 0.5) is 11.4 Å². The van der Waals surface area contributed by atoms with Crippen molar-refractivity contribution in [3.63, 3.8) is 0 Å². The van der Waals surface area contributed by atoms with Gasteiger partial charge in [0.05, 0.1) is 11.5 Å². The first-order valence-corrected chi connectivity index (χ1v) is 10.1. The normalized spacial score (nSPS) is 11.0. The summed E-state index contributed by atoms with van der Waals surface area (Å²) in [6, 6.07) is 13.2. The third kappa shape index (κ3) is 6.62. The lowest BCUT2D eigenvalue weighted by Crippen LogP contribution is -2.19. The van der Waals surface area contributed by atoms with Gasteiger partial charge in [-0.15, -0.1) is 0 Å². The smallest absolute Gasteiger partial charge is 0.294 e. The maximum Gasteiger partial charge on any atom is 0.294 e. The molecular formula is C18H22N2O4S2. The number of hydrogen-bond acceptors (Lipinski definition) is 4. The van der Waals surface area contributed by atoms with Crippen molar-refractivity contribution < 1.29 is 17.7 Å². The maximum absolute atomic E-state index is 11.2. The van der Waals surface area contributed by atoms with E-state index in [4.69, 9.17) is 21.5 Å². The molecule has 0 aliphatic carbocycles. The summed E-state index contributed by atoms with van der Waals surface area (Å²) in [5, 5.41) is 6.18. The van der Waals surface area contributed by atoms with Gasteiger partial charge >= 0.3 is 0 Å². The van der Waals surface area contributed by atoms with Crippen molar-refractivity contribution in [2.75, 3.05) is 17.2 Å². The molecule has 2 aromatic carbocycles. The summed E-state index contributed by atoms with van der Waals surface area (Å²) in [5.74, 6) is 0.798. The van der Waals surface area contributed by atoms with Crippen molar-refractivity contribution in [2.45, 2.75) is 31.1 Å². The van der Waals surface area contributed by atoms with Gasteiger partial charge in [-0.05, 0) is 61.1 Å². The van der Waals surface area contributed by atoms with Gasteiger partial charge in [0.1, 0.15) is 5.75 Å². The van der Waals surface area contributed by atoms with E-state index in [2.05, 4.69) is 17.6 Å². The van der Waals surface area contributed by atoms with Gasteiger partial charge in [0, 0.05) is 11.4 Å². The first-order chi connectivity index (χ1) is 12.4. The zero-order valence-corrected chi connectivity index (χ0v) is 16.1. The Morgan fingerprint density at radius 3 is 2.42 bits per heavy atom. The molecule has 0 aliphatic heterocycles. The molecule has 0 aromatic heterocycles. The Morgan fingerprint density at radius 2 is 1.77 bits per heavy atom. The van der Waals surface area contributed by atoms with E-state index in [1.165, 1.54) is 18.2 Å². The summed E-state index contributed by atoms with van der Waals surface area (Å²) in [5.41, 5.74) is 1.22. The topological polar surface area (TPSA) is 87.7 Å². The minimum absolute atomic E-state index is 0.199. The molecule has 0 amide bonds. The monoisotopic (exact) mass is 394 g/mol. The zero-order chi connectivity index (χ0) is 19.0. The highest BCUT2D eigenvalue weighted by molar-refractivity contribution is 7.85. The van der Waals surface area contributed by atoms with Crippen LogP contribution in [0.15, 0.2) is 53.4 Å². The van der Waals surface area contributed by atoms with Crippen LogP contribution in [0.25, 0.3) is 0 Å². The van der Waals surface area contributed by atoms with Crippen molar-refractivity contribution >= 4 is 38.8 Å². The number of ether oxygens (including phenoxy) is 1. The van der Waals surface area contributed by atoms with Crippen LogP contribution in [0.1, 0.15) is 26.2 Å². The van der Waals surface area contributed by atoms with Crippen molar-refractivity contribution in [3.05, 3.63) is 48.5 Å². The van der Waals surface area contributed by atoms with Crippen LogP contribution < -0.4 is 15.4 Å². The van der Waals surface area contributed by atoms with Gasteiger partial charge in [0.2, 0.25) is 0 Å². The van der Waals surface area contributed by atoms with Gasteiger partial charge < -0.3 is 15.4 Å². The third-order valence-electron chi connectivity index (χ3n) is 3.52. The molecule has 0 spiro atoms. The summed E-state index contributed by atoms with van der Waals surface area (Å²) in [4.78, 5) is -0.199. The van der Waals surface area contributed by atoms with E-state index in [-0.39, 0.29) is 4.90 Å². The minimum Gasteiger partial charge on any atom is -0.494 e. The highest BCUT2D eigenvalue weighted by Crippen LogP contribution is 2.18. The Bertz CT molecular complexity index is 837. The molecular weight excluding hydrogens is 372 g/mol. The van der Waals surface area contributed by atoms with Crippen molar-refractivity contribution in [3.8, 4) is 5.75 Å². The second-order valence-electron chi connectivity index (χ2n) is 5.66. The SMILES string of the molecule is CCCCCOc1ccc(NC(=S)Nc2cccc(S(=O)(=O)O)c2)cc1. The highest BCUT2D eigenvalue weighted by Gasteiger charge is 2.10. The molecule has 0 saturated heterocycles. The van der Waals surface area contributed by atoms with Crippen LogP contribution in [-0.2, 0) is 10.1 Å². The first-order valence-electron chi connectivity index (χ1n) is 8.27. The molecule has 3 N–H and O–H groups in total. The summed E-state index contributed by atoms with van der Waals surface area (Å²) in [6.45, 7) is 2.85. The van der Waals surface area contributed by atoms with E-state index in [1.54, 1.807) is 6.07 Å². The number of hydrogen-bond donors (Lipinski definition) is 3. The van der Waals surface area contributed by atoms with Crippen molar-refractivity contribution in [1.82, 2.24) is 0 Å². The van der Waals surface area contributed by atoms with E-state index in [1.807, 2.05) is 24.3 Å². The molecule has 0 atom stereocenters. The molecule has 0 saturated carbocycles. The van der Waals surface area contributed by atoms with E-state index >= 15 is 0 Å². The second-order valence-corrected chi connectivity index (χ2v) is 7.49. The van der Waals surface area contributed by atoms with Crippen LogP contribution in [0, 0.1) is 0 Å². The van der Waals surface area contributed by atoms with Gasteiger partial charge in [-0.1, -0.05) is 25.8 Å². The van der Waals surface area contributed by atoms with Crippen LogP contribution in [0.2, 0.25) is 0 Å². The summed E-state index contributed by atoms with van der Waals surface area (Å²) in [6.07, 6.45) is 3.34. The summed E-state index contributed by atoms with van der Waals surface area (Å²) in [7, 11) is -4.25. The Morgan fingerprint density at radius 1 is 1.08 bits per heavy atom. The minimum atomic E-state index is -4.25. The second kappa shape index (κ2) is 9.51. The van der Waals surface area contributed by atoms with Crippen LogP contribution in [0.3, 0.4) is 0 Å². The highest BCUT2D eigenvalue weighted by atomic mass is 32.2. The Labute approximate surface area is 159 Å². The number of anilines is 2. The number of nitrogens with one attached hydrogen (secondary N) is 2. The largest absolute Gasteiger partial charge is 0.494 e. The van der Waals surface area contributed by atoms with Crippen LogP contribution in [0.5, 0.6) is 5.75 Å². The van der Waals surface area contributed by atoms with Gasteiger partial charge in [-0.2, -0.15) is 8.42 Å². The van der Waals surface area contributed by atoms with Crippen molar-refractivity contribution in [1.29, 1.82) is 0 Å². The van der Waals surface area contributed by atoms with Gasteiger partial charge in [-0.3, -0.25) is 4.55 Å². The fourth-order valence-corrected chi connectivity index (χ4v) is 2.97. The molecule has 0 fully saturated rings. The molecule has 0 radical (unpaired) electrons. The summed E-state index contributed by atoms with van der Waals surface area (Å²) < 4.78 is 37.1. The fraction of sp³-hybridized carbons (Fsp3) is 0.278. The number of thiocarbonyl (C=S) groups is 1. The molecule has 140 valence electrons. The van der Waals surface area contributed by atoms with Crippen molar-refractivity contribution in [2.24, 2.45) is 0 Å². The third-order valence-corrected chi connectivity index (χ3v) is 4.57. The molecule has 8 heteroatoms. The Kier molecular flexibility index (Phi) is 7.38. The van der Waals surface area contributed by atoms with Crippen LogP contribution >= 0.6 is 12.2 Å². The zero-order valence-electron chi connectivity index (χ0n) is 14.4. The molecule has 0 bridgehead atoms. The lowest BCUT2D eigenvalue weighted by molar-refractivity contribution is 0.306. The molecule has 2 aromatic rings. The standard InChI is InChI=1S/C18H22N2O4S2/c1-2-3-4-12-24-16-10-8-14(9-11-16)19-18(25)20-15-6-5-7-17(13-15)26(21,22)23/h5-11,13H,2-4,12H2,1H3,(H2,19,20,25)(H,21,22,23). The lowest BCUT2D eigenvalue weighted by Gasteiger charge is -2.12. The molecule has 26 heavy (non-hydrogen) atoms. The van der Waals surface area contributed by atoms with Gasteiger partial charge in [-0.25, -0.2) is 0 Å². The molecule has 6 nitrogen and oxygen atoms in total. The van der Waals surface area contributed by atoms with E-state index < -0.39 is 10.1 Å². The maximum atomic E-state index is 11.2. The number of rotatable bonds is 8. The molecule has 0 aliphatic rings. The molecule has 2 rings (SSSR count). The number of benzene rings is 2. The van der Waals surface area contributed by atoms with Crippen LogP contribution in [-0.4, -0.2) is 24.7 Å². The fourth-order valence-electron chi connectivity index (χ4n) is 2.20. The van der Waals surface area contributed by atoms with Gasteiger partial charge in [0.25, 0.3) is 10.1 Å². The number of unbranched alkanes of at least 4 members (excludes halogenated alkanes) is 2. The van der Waals surface area contributed by atoms with E-state index in [0.717, 1.165) is 30.7 Å². The predicted octanol–water partition coefficient (Wildman–Crippen LogP) is 4.31. The van der Waals surface area contributed by atoms with E-state index in [9.17, 15) is 8.42 Å². The predicted molar refractivity (Wildman–Crippen MR) is 108 cm³/mol. The molecule has 0 heterocycles. The Balaban J connectivity index is 1.90. The summed E-state index contributed by atoms with van der Waals surface area (Å²) >= 11 is 5.22.